The average Bonchev–Trinajstić information content (AvgIpc) is 2.64. The van der Waals surface area contributed by atoms with E-state index in [1.807, 2.05) is 24.3 Å². The first-order chi connectivity index (χ1) is 12.6. The summed E-state index contributed by atoms with van der Waals surface area (Å²) in [5.74, 6) is 0.797. The largest absolute Gasteiger partial charge is 0.453 e. The number of hydrogen-bond acceptors (Lipinski definition) is 4. The zero-order valence-electron chi connectivity index (χ0n) is 16.3. The molecule has 1 aliphatic carbocycles. The molecule has 1 aliphatic rings. The molecule has 0 bridgehead atoms. The molecule has 152 valence electrons. The number of rotatable bonds is 8. The van der Waals surface area contributed by atoms with Crippen LogP contribution in [0.3, 0.4) is 0 Å². The second kappa shape index (κ2) is 12.0. The molecule has 0 heterocycles. The van der Waals surface area contributed by atoms with Crippen LogP contribution < -0.4 is 16.0 Å². The molecule has 0 aliphatic heterocycles. The second-order valence-electron chi connectivity index (χ2n) is 6.69. The van der Waals surface area contributed by atoms with Crippen LogP contribution in [-0.2, 0) is 16.0 Å². The number of anilines is 1. The molecule has 0 unspecified atom stereocenters. The lowest BCUT2D eigenvalue weighted by atomic mass is 9.67. The number of nitrogens with zero attached hydrogens (tertiary/aromatic N) is 1. The van der Waals surface area contributed by atoms with Gasteiger partial charge in [0.15, 0.2) is 5.96 Å². The van der Waals surface area contributed by atoms with E-state index in [4.69, 9.17) is 4.74 Å². The van der Waals surface area contributed by atoms with Crippen molar-refractivity contribution >= 4 is 41.7 Å². The zero-order chi connectivity index (χ0) is 18.8. The van der Waals surface area contributed by atoms with Gasteiger partial charge in [-0.15, -0.1) is 24.0 Å². The van der Waals surface area contributed by atoms with Crippen LogP contribution in [-0.4, -0.2) is 46.5 Å². The first kappa shape index (κ1) is 23.5. The summed E-state index contributed by atoms with van der Waals surface area (Å²) in [6.45, 7) is 2.38. The molecule has 7 nitrogen and oxygen atoms in total. The van der Waals surface area contributed by atoms with Crippen LogP contribution in [0.2, 0.25) is 0 Å². The Labute approximate surface area is 178 Å². The van der Waals surface area contributed by atoms with Gasteiger partial charge in [-0.25, -0.2) is 4.79 Å². The highest BCUT2D eigenvalue weighted by molar-refractivity contribution is 14.0. The fourth-order valence-electron chi connectivity index (χ4n) is 3.06. The van der Waals surface area contributed by atoms with Crippen molar-refractivity contribution in [1.82, 2.24) is 10.6 Å². The van der Waals surface area contributed by atoms with Gasteiger partial charge < -0.3 is 20.1 Å². The first-order valence-corrected chi connectivity index (χ1v) is 8.98. The van der Waals surface area contributed by atoms with Gasteiger partial charge in [0.1, 0.15) is 0 Å². The van der Waals surface area contributed by atoms with E-state index in [-0.39, 0.29) is 24.0 Å². The van der Waals surface area contributed by atoms with E-state index in [0.717, 1.165) is 31.1 Å². The van der Waals surface area contributed by atoms with Crippen LogP contribution in [0.4, 0.5) is 10.5 Å². The van der Waals surface area contributed by atoms with Crippen molar-refractivity contribution in [2.45, 2.75) is 32.2 Å². The van der Waals surface area contributed by atoms with Crippen molar-refractivity contribution in [2.75, 3.05) is 39.7 Å². The highest BCUT2D eigenvalue weighted by Gasteiger charge is 2.36. The minimum atomic E-state index is -0.473. The van der Waals surface area contributed by atoms with Gasteiger partial charge in [0.2, 0.25) is 0 Å². The van der Waals surface area contributed by atoms with Crippen LogP contribution >= 0.6 is 24.0 Å². The van der Waals surface area contributed by atoms with Crippen LogP contribution in [0.25, 0.3) is 0 Å². The van der Waals surface area contributed by atoms with Gasteiger partial charge in [0.05, 0.1) is 7.11 Å². The Hall–Kier alpha value is -1.55. The van der Waals surface area contributed by atoms with Crippen LogP contribution in [0, 0.1) is 5.41 Å². The number of ether oxygens (including phenoxy) is 2. The van der Waals surface area contributed by atoms with Gasteiger partial charge in [-0.2, -0.15) is 0 Å². The quantitative estimate of drug-likeness (QED) is 0.296. The molecule has 0 atom stereocenters. The van der Waals surface area contributed by atoms with Crippen molar-refractivity contribution < 1.29 is 14.3 Å². The molecule has 1 fully saturated rings. The summed E-state index contributed by atoms with van der Waals surface area (Å²) in [6.07, 6.45) is 4.40. The molecule has 27 heavy (non-hydrogen) atoms. The first-order valence-electron chi connectivity index (χ1n) is 8.98. The molecule has 2 rings (SSSR count). The number of carbonyl (C=O) groups is 1. The fraction of sp³-hybridized carbons (Fsp3) is 0.579. The van der Waals surface area contributed by atoms with Gasteiger partial charge in [-0.05, 0) is 42.4 Å². The maximum Gasteiger partial charge on any atom is 0.411 e. The lowest BCUT2D eigenvalue weighted by molar-refractivity contribution is 0.0732. The predicted molar refractivity (Wildman–Crippen MR) is 119 cm³/mol. The number of carbonyl (C=O) groups excluding carboxylic acids is 1. The Balaban J connectivity index is 0.00000364. The highest BCUT2D eigenvalue weighted by atomic mass is 127. The number of amides is 1. The molecule has 1 aromatic rings. The molecular weight excluding hydrogens is 459 g/mol. The molecular formula is C19H31IN4O3. The average molecular weight is 490 g/mol. The number of guanidine groups is 1. The van der Waals surface area contributed by atoms with E-state index in [1.54, 1.807) is 14.2 Å². The standard InChI is InChI=1S/C19H30N4O3.HI/c1-20-17(22-14-19(9-4-10-19)11-12-25-2)21-13-15-5-7-16(8-6-15)23-18(24)26-3;/h5-8H,4,9-14H2,1-3H3,(H,23,24)(H2,20,21,22);1H. The lowest BCUT2D eigenvalue weighted by Gasteiger charge is -2.42. The summed E-state index contributed by atoms with van der Waals surface area (Å²) in [6, 6.07) is 7.60. The normalized spacial score (nSPS) is 15.1. The minimum absolute atomic E-state index is 0. The summed E-state index contributed by atoms with van der Waals surface area (Å²) >= 11 is 0. The number of halogens is 1. The Morgan fingerprint density at radius 3 is 2.41 bits per heavy atom. The highest BCUT2D eigenvalue weighted by Crippen LogP contribution is 2.43. The van der Waals surface area contributed by atoms with Gasteiger partial charge in [-0.3, -0.25) is 10.3 Å². The molecule has 0 saturated heterocycles. The number of benzene rings is 1. The lowest BCUT2D eigenvalue weighted by Crippen LogP contribution is -2.46. The summed E-state index contributed by atoms with van der Waals surface area (Å²) in [4.78, 5) is 15.5. The summed E-state index contributed by atoms with van der Waals surface area (Å²) in [7, 11) is 4.88. The molecule has 3 N–H and O–H groups in total. The molecule has 0 aromatic heterocycles. The van der Waals surface area contributed by atoms with E-state index in [2.05, 4.69) is 25.7 Å². The zero-order valence-corrected chi connectivity index (χ0v) is 18.7. The van der Waals surface area contributed by atoms with Crippen molar-refractivity contribution in [3.8, 4) is 0 Å². The smallest absolute Gasteiger partial charge is 0.411 e. The molecule has 0 spiro atoms. The number of hydrogen-bond donors (Lipinski definition) is 3. The summed E-state index contributed by atoms with van der Waals surface area (Å²) in [5.41, 5.74) is 2.14. The Kier molecular flexibility index (Phi) is 10.5. The monoisotopic (exact) mass is 490 g/mol. The molecule has 8 heteroatoms. The third-order valence-corrected chi connectivity index (χ3v) is 4.95. The number of methoxy groups -OCH3 is 2. The Bertz CT molecular complexity index is 603. The third-order valence-electron chi connectivity index (χ3n) is 4.95. The summed E-state index contributed by atoms with van der Waals surface area (Å²) < 4.78 is 9.82. The van der Waals surface area contributed by atoms with Gasteiger partial charge in [0.25, 0.3) is 0 Å². The summed E-state index contributed by atoms with van der Waals surface area (Å²) in [5, 5.41) is 9.41. The third kappa shape index (κ3) is 7.53. The molecule has 1 amide bonds. The molecule has 1 saturated carbocycles. The number of nitrogens with one attached hydrogen (secondary N) is 3. The maximum atomic E-state index is 11.2. The molecule has 1 aromatic carbocycles. The van der Waals surface area contributed by atoms with Crippen molar-refractivity contribution in [3.63, 3.8) is 0 Å². The fourth-order valence-corrected chi connectivity index (χ4v) is 3.06. The Morgan fingerprint density at radius 2 is 1.89 bits per heavy atom. The van der Waals surface area contributed by atoms with Crippen LogP contribution in [0.1, 0.15) is 31.2 Å². The maximum absolute atomic E-state index is 11.2. The predicted octanol–water partition coefficient (Wildman–Crippen LogP) is 3.35. The van der Waals surface area contributed by atoms with E-state index >= 15 is 0 Å². The van der Waals surface area contributed by atoms with E-state index in [1.165, 1.54) is 26.4 Å². The second-order valence-corrected chi connectivity index (χ2v) is 6.69. The van der Waals surface area contributed by atoms with Crippen LogP contribution in [0.5, 0.6) is 0 Å². The van der Waals surface area contributed by atoms with E-state index < -0.39 is 6.09 Å². The minimum Gasteiger partial charge on any atom is -0.453 e. The van der Waals surface area contributed by atoms with Gasteiger partial charge in [-0.1, -0.05) is 18.6 Å². The molecule has 0 radical (unpaired) electrons. The Morgan fingerprint density at radius 1 is 1.19 bits per heavy atom. The topological polar surface area (TPSA) is 84.0 Å². The van der Waals surface area contributed by atoms with Gasteiger partial charge >= 0.3 is 6.09 Å². The SMILES string of the molecule is CN=C(NCc1ccc(NC(=O)OC)cc1)NCC1(CCOC)CCC1.I. The van der Waals surface area contributed by atoms with Crippen LogP contribution in [0.15, 0.2) is 29.3 Å². The van der Waals surface area contributed by atoms with Crippen molar-refractivity contribution in [1.29, 1.82) is 0 Å². The van der Waals surface area contributed by atoms with Crippen molar-refractivity contribution in [2.24, 2.45) is 10.4 Å². The van der Waals surface area contributed by atoms with Crippen molar-refractivity contribution in [3.05, 3.63) is 29.8 Å². The number of aliphatic imine (C=N–C) groups is 1. The van der Waals surface area contributed by atoms with Gasteiger partial charge in [0, 0.05) is 39.5 Å². The van der Waals surface area contributed by atoms with E-state index in [0.29, 0.717) is 17.6 Å². The van der Waals surface area contributed by atoms with E-state index in [9.17, 15) is 4.79 Å².